The Morgan fingerprint density at radius 1 is 0.950 bits per heavy atom. The van der Waals surface area contributed by atoms with Crippen LogP contribution in [-0.4, -0.2) is 7.11 Å². The molecule has 0 spiro atoms. The molecule has 0 aliphatic rings. The summed E-state index contributed by atoms with van der Waals surface area (Å²) in [7, 11) is 1.58. The van der Waals surface area contributed by atoms with E-state index in [-0.39, 0.29) is 4.49 Å². The summed E-state index contributed by atoms with van der Waals surface area (Å²) in [4.78, 5) is 0. The Bertz CT molecular complexity index is 643. The monoisotopic (exact) mass is 346 g/mol. The van der Waals surface area contributed by atoms with E-state index in [1.54, 1.807) is 37.4 Å². The minimum Gasteiger partial charge on any atom is -0.497 e. The second-order valence-electron chi connectivity index (χ2n) is 3.99. The minimum absolute atomic E-state index is 0.127. The van der Waals surface area contributed by atoms with Gasteiger partial charge in [-0.15, -0.1) is 0 Å². The van der Waals surface area contributed by atoms with Gasteiger partial charge in [0.05, 0.1) is 7.11 Å². The summed E-state index contributed by atoms with van der Waals surface area (Å²) in [5.41, 5.74) is 2.16. The Kier molecular flexibility index (Phi) is 5.22. The smallest absolute Gasteiger partial charge is 0.119 e. The van der Waals surface area contributed by atoms with Crippen LogP contribution in [0.5, 0.6) is 5.75 Å². The van der Waals surface area contributed by atoms with E-state index in [9.17, 15) is 0 Å². The second-order valence-corrected chi connectivity index (χ2v) is 5.78. The van der Waals surface area contributed by atoms with Crippen molar-refractivity contribution >= 4 is 52.0 Å². The van der Waals surface area contributed by atoms with Crippen molar-refractivity contribution < 1.29 is 4.74 Å². The fraction of sp³-hybridized carbons (Fsp3) is 0.0667. The van der Waals surface area contributed by atoms with E-state index in [4.69, 9.17) is 51.1 Å². The highest BCUT2D eigenvalue weighted by Crippen LogP contribution is 2.37. The summed E-state index contributed by atoms with van der Waals surface area (Å²) < 4.78 is 5.33. The van der Waals surface area contributed by atoms with Gasteiger partial charge in [0, 0.05) is 21.2 Å². The molecule has 0 fully saturated rings. The molecule has 2 rings (SSSR count). The van der Waals surface area contributed by atoms with Crippen LogP contribution in [0.1, 0.15) is 11.1 Å². The average Bonchev–Trinajstić information content (AvgIpc) is 2.43. The van der Waals surface area contributed by atoms with Gasteiger partial charge >= 0.3 is 0 Å². The van der Waals surface area contributed by atoms with Crippen LogP contribution in [0.15, 0.2) is 47.0 Å². The number of rotatable bonds is 3. The van der Waals surface area contributed by atoms with Crippen LogP contribution in [0.4, 0.5) is 0 Å². The molecule has 0 N–H and O–H groups in total. The van der Waals surface area contributed by atoms with Crippen molar-refractivity contribution in [2.24, 2.45) is 0 Å². The Morgan fingerprint density at radius 2 is 1.60 bits per heavy atom. The van der Waals surface area contributed by atoms with Crippen LogP contribution in [0.3, 0.4) is 0 Å². The Morgan fingerprint density at radius 3 is 2.15 bits per heavy atom. The van der Waals surface area contributed by atoms with Gasteiger partial charge in [0.25, 0.3) is 0 Å². The SMILES string of the molecule is COc1ccc(Cl)c(C(=C(Cl)Cl)c2ccc(Cl)cc2)c1. The summed E-state index contributed by atoms with van der Waals surface area (Å²) in [5.74, 6) is 0.672. The summed E-state index contributed by atoms with van der Waals surface area (Å²) in [6.07, 6.45) is 0. The van der Waals surface area contributed by atoms with Crippen molar-refractivity contribution in [3.8, 4) is 5.75 Å². The molecule has 0 saturated heterocycles. The van der Waals surface area contributed by atoms with Gasteiger partial charge in [0.15, 0.2) is 0 Å². The minimum atomic E-state index is 0.127. The van der Waals surface area contributed by atoms with E-state index in [0.29, 0.717) is 26.9 Å². The molecule has 0 aromatic heterocycles. The van der Waals surface area contributed by atoms with Gasteiger partial charge in [-0.3, -0.25) is 0 Å². The van der Waals surface area contributed by atoms with E-state index in [1.807, 2.05) is 12.1 Å². The molecule has 0 amide bonds. The van der Waals surface area contributed by atoms with E-state index in [0.717, 1.165) is 5.56 Å². The maximum atomic E-state index is 6.24. The fourth-order valence-corrected chi connectivity index (χ4v) is 2.57. The third-order valence-electron chi connectivity index (χ3n) is 2.76. The zero-order valence-corrected chi connectivity index (χ0v) is 13.5. The van der Waals surface area contributed by atoms with Gasteiger partial charge < -0.3 is 4.74 Å². The molecule has 2 aromatic rings. The second kappa shape index (κ2) is 6.73. The topological polar surface area (TPSA) is 9.23 Å². The first-order chi connectivity index (χ1) is 9.52. The summed E-state index contributed by atoms with van der Waals surface area (Å²) in [6.45, 7) is 0. The number of hydrogen-bond acceptors (Lipinski definition) is 1. The lowest BCUT2D eigenvalue weighted by atomic mass is 9.99. The largest absolute Gasteiger partial charge is 0.497 e. The molecule has 20 heavy (non-hydrogen) atoms. The number of methoxy groups -OCH3 is 1. The zero-order valence-electron chi connectivity index (χ0n) is 10.5. The van der Waals surface area contributed by atoms with Crippen molar-refractivity contribution in [2.75, 3.05) is 7.11 Å². The van der Waals surface area contributed by atoms with E-state index >= 15 is 0 Å². The molecular weight excluding hydrogens is 338 g/mol. The van der Waals surface area contributed by atoms with Crippen molar-refractivity contribution in [3.63, 3.8) is 0 Å². The van der Waals surface area contributed by atoms with Gasteiger partial charge in [0.2, 0.25) is 0 Å². The predicted octanol–water partition coefficient (Wildman–Crippen LogP) is 6.20. The van der Waals surface area contributed by atoms with Gasteiger partial charge in [-0.1, -0.05) is 58.5 Å². The Balaban J connectivity index is 2.61. The third kappa shape index (κ3) is 3.42. The molecule has 0 atom stereocenters. The quantitative estimate of drug-likeness (QED) is 0.642. The maximum Gasteiger partial charge on any atom is 0.119 e. The molecular formula is C15H10Cl4O. The standard InChI is InChI=1S/C15H10Cl4O/c1-20-11-6-7-13(17)12(8-11)14(15(18)19)9-2-4-10(16)5-3-9/h2-8H,1H3. The molecule has 104 valence electrons. The lowest BCUT2D eigenvalue weighted by molar-refractivity contribution is 0.414. The van der Waals surface area contributed by atoms with Crippen molar-refractivity contribution in [1.82, 2.24) is 0 Å². The molecule has 0 bridgehead atoms. The van der Waals surface area contributed by atoms with E-state index in [1.165, 1.54) is 0 Å². The third-order valence-corrected chi connectivity index (χ3v) is 3.72. The summed E-state index contributed by atoms with van der Waals surface area (Å²) >= 11 is 24.2. The molecule has 0 unspecified atom stereocenters. The lowest BCUT2D eigenvalue weighted by Crippen LogP contribution is -1.92. The van der Waals surface area contributed by atoms with Crippen LogP contribution >= 0.6 is 46.4 Å². The predicted molar refractivity (Wildman–Crippen MR) is 87.2 cm³/mol. The molecule has 5 heteroatoms. The highest BCUT2D eigenvalue weighted by atomic mass is 35.5. The van der Waals surface area contributed by atoms with Crippen LogP contribution < -0.4 is 4.74 Å². The van der Waals surface area contributed by atoms with Crippen molar-refractivity contribution in [2.45, 2.75) is 0 Å². The Hall–Kier alpha value is -0.860. The molecule has 2 aromatic carbocycles. The van der Waals surface area contributed by atoms with Crippen LogP contribution in [0, 0.1) is 0 Å². The van der Waals surface area contributed by atoms with Crippen LogP contribution in [0.2, 0.25) is 10.0 Å². The molecule has 1 nitrogen and oxygen atoms in total. The average molecular weight is 348 g/mol. The number of hydrogen-bond donors (Lipinski definition) is 0. The summed E-state index contributed by atoms with van der Waals surface area (Å²) in [5, 5.41) is 1.17. The summed E-state index contributed by atoms with van der Waals surface area (Å²) in [6, 6.07) is 12.5. The van der Waals surface area contributed by atoms with Crippen molar-refractivity contribution in [3.05, 3.63) is 68.1 Å². The van der Waals surface area contributed by atoms with Gasteiger partial charge in [-0.05, 0) is 35.9 Å². The first-order valence-corrected chi connectivity index (χ1v) is 7.19. The number of benzene rings is 2. The zero-order chi connectivity index (χ0) is 14.7. The fourth-order valence-electron chi connectivity index (χ4n) is 1.81. The first-order valence-electron chi connectivity index (χ1n) is 5.68. The molecule has 0 heterocycles. The lowest BCUT2D eigenvalue weighted by Gasteiger charge is -2.12. The first kappa shape index (κ1) is 15.5. The molecule has 0 aliphatic heterocycles. The Labute approximate surface area is 137 Å². The van der Waals surface area contributed by atoms with Gasteiger partial charge in [0.1, 0.15) is 10.2 Å². The highest BCUT2D eigenvalue weighted by Gasteiger charge is 2.14. The van der Waals surface area contributed by atoms with E-state index < -0.39 is 0 Å². The number of ether oxygens (including phenoxy) is 1. The van der Waals surface area contributed by atoms with Crippen LogP contribution in [0.25, 0.3) is 5.57 Å². The van der Waals surface area contributed by atoms with E-state index in [2.05, 4.69) is 0 Å². The number of halogens is 4. The molecule has 0 aliphatic carbocycles. The molecule has 0 saturated carbocycles. The van der Waals surface area contributed by atoms with Gasteiger partial charge in [-0.25, -0.2) is 0 Å². The highest BCUT2D eigenvalue weighted by molar-refractivity contribution is 6.59. The molecule has 0 radical (unpaired) electrons. The normalized spacial score (nSPS) is 10.2. The van der Waals surface area contributed by atoms with Gasteiger partial charge in [-0.2, -0.15) is 0 Å². The van der Waals surface area contributed by atoms with Crippen LogP contribution in [-0.2, 0) is 0 Å². The maximum absolute atomic E-state index is 6.24. The van der Waals surface area contributed by atoms with Crippen molar-refractivity contribution in [1.29, 1.82) is 0 Å².